The van der Waals surface area contributed by atoms with E-state index in [2.05, 4.69) is 4.98 Å². The lowest BCUT2D eigenvalue weighted by atomic mass is 10.1. The van der Waals surface area contributed by atoms with Gasteiger partial charge in [0, 0.05) is 5.56 Å². The Morgan fingerprint density at radius 3 is 2.53 bits per heavy atom. The van der Waals surface area contributed by atoms with E-state index in [-0.39, 0.29) is 5.76 Å². The first-order chi connectivity index (χ1) is 7.16. The molecule has 0 saturated heterocycles. The molecule has 1 N–H and O–H groups in total. The Balaban J connectivity index is 2.37. The summed E-state index contributed by atoms with van der Waals surface area (Å²) in [6.07, 6.45) is 1.21. The zero-order chi connectivity index (χ0) is 10.8. The third-order valence-corrected chi connectivity index (χ3v) is 2.01. The minimum atomic E-state index is -1.11. The van der Waals surface area contributed by atoms with Gasteiger partial charge in [0.15, 0.2) is 0 Å². The molecular formula is C11H9NO3. The Bertz CT molecular complexity index is 485. The molecule has 0 aliphatic carbocycles. The highest BCUT2D eigenvalue weighted by molar-refractivity contribution is 5.84. The molecule has 0 atom stereocenters. The predicted octanol–water partition coefficient (Wildman–Crippen LogP) is 2.35. The van der Waals surface area contributed by atoms with Crippen molar-refractivity contribution in [3.8, 4) is 11.5 Å². The fourth-order valence-electron chi connectivity index (χ4n) is 1.20. The molecule has 0 saturated carbocycles. The van der Waals surface area contributed by atoms with E-state index >= 15 is 0 Å². The van der Waals surface area contributed by atoms with Gasteiger partial charge in [0.2, 0.25) is 11.7 Å². The largest absolute Gasteiger partial charge is 0.475 e. The second kappa shape index (κ2) is 3.57. The summed E-state index contributed by atoms with van der Waals surface area (Å²) >= 11 is 0. The number of hydrogen-bond acceptors (Lipinski definition) is 3. The van der Waals surface area contributed by atoms with E-state index < -0.39 is 5.97 Å². The van der Waals surface area contributed by atoms with Crippen molar-refractivity contribution in [1.29, 1.82) is 0 Å². The minimum absolute atomic E-state index is 0.148. The molecule has 0 fully saturated rings. The lowest BCUT2D eigenvalue weighted by Gasteiger charge is -1.95. The van der Waals surface area contributed by atoms with Crippen LogP contribution in [0.4, 0.5) is 0 Å². The summed E-state index contributed by atoms with van der Waals surface area (Å²) in [5, 5.41) is 8.66. The van der Waals surface area contributed by atoms with Gasteiger partial charge in [0.25, 0.3) is 0 Å². The monoisotopic (exact) mass is 203 g/mol. The lowest BCUT2D eigenvalue weighted by molar-refractivity contribution is 0.0663. The van der Waals surface area contributed by atoms with E-state index in [0.29, 0.717) is 5.89 Å². The maximum absolute atomic E-state index is 10.6. The fraction of sp³-hybridized carbons (Fsp3) is 0.0909. The highest BCUT2D eigenvalue weighted by Crippen LogP contribution is 2.19. The first-order valence-electron chi connectivity index (χ1n) is 4.43. The second-order valence-electron chi connectivity index (χ2n) is 3.20. The number of hydrogen-bond donors (Lipinski definition) is 1. The Morgan fingerprint density at radius 2 is 2.00 bits per heavy atom. The number of aromatic nitrogens is 1. The Labute approximate surface area is 86.2 Å². The smallest absolute Gasteiger partial charge is 0.373 e. The van der Waals surface area contributed by atoms with Crippen LogP contribution in [0.1, 0.15) is 16.1 Å². The Morgan fingerprint density at radius 1 is 1.33 bits per heavy atom. The van der Waals surface area contributed by atoms with Crippen LogP contribution < -0.4 is 0 Å². The maximum Gasteiger partial charge on any atom is 0.373 e. The van der Waals surface area contributed by atoms with Gasteiger partial charge in [-0.25, -0.2) is 9.78 Å². The van der Waals surface area contributed by atoms with Crippen LogP contribution in [-0.2, 0) is 0 Å². The average molecular weight is 203 g/mol. The van der Waals surface area contributed by atoms with Crippen molar-refractivity contribution in [1.82, 2.24) is 4.98 Å². The summed E-state index contributed by atoms with van der Waals surface area (Å²) < 4.78 is 5.06. The lowest BCUT2D eigenvalue weighted by Crippen LogP contribution is -1.91. The van der Waals surface area contributed by atoms with Gasteiger partial charge in [-0.2, -0.15) is 0 Å². The zero-order valence-electron chi connectivity index (χ0n) is 8.10. The molecule has 4 nitrogen and oxygen atoms in total. The first kappa shape index (κ1) is 9.45. The number of carboxylic acids is 1. The fourth-order valence-corrected chi connectivity index (χ4v) is 1.20. The standard InChI is InChI=1S/C11H9NO3/c1-7-2-4-8(5-3-7)10-12-6-9(15-10)11(13)14/h2-6H,1H3,(H,13,14). The topological polar surface area (TPSA) is 63.3 Å². The van der Waals surface area contributed by atoms with Gasteiger partial charge in [-0.1, -0.05) is 17.7 Å². The number of benzene rings is 1. The van der Waals surface area contributed by atoms with Crippen molar-refractivity contribution >= 4 is 5.97 Å². The molecule has 15 heavy (non-hydrogen) atoms. The van der Waals surface area contributed by atoms with E-state index in [1.165, 1.54) is 6.20 Å². The van der Waals surface area contributed by atoms with Crippen LogP contribution in [0.2, 0.25) is 0 Å². The number of rotatable bonds is 2. The summed E-state index contributed by atoms with van der Waals surface area (Å²) in [5.41, 5.74) is 1.90. The van der Waals surface area contributed by atoms with Gasteiger partial charge in [-0.05, 0) is 19.1 Å². The molecule has 0 unspecified atom stereocenters. The van der Waals surface area contributed by atoms with Crippen molar-refractivity contribution in [2.45, 2.75) is 6.92 Å². The van der Waals surface area contributed by atoms with Crippen LogP contribution in [0.3, 0.4) is 0 Å². The molecule has 76 valence electrons. The number of oxazole rings is 1. The van der Waals surface area contributed by atoms with Crippen LogP contribution in [0.25, 0.3) is 11.5 Å². The van der Waals surface area contributed by atoms with Crippen molar-refractivity contribution < 1.29 is 14.3 Å². The quantitative estimate of drug-likeness (QED) is 0.813. The maximum atomic E-state index is 10.6. The number of nitrogens with zero attached hydrogens (tertiary/aromatic N) is 1. The highest BCUT2D eigenvalue weighted by atomic mass is 16.4. The number of carboxylic acid groups (broad SMARTS) is 1. The van der Waals surface area contributed by atoms with Gasteiger partial charge < -0.3 is 9.52 Å². The normalized spacial score (nSPS) is 10.2. The highest BCUT2D eigenvalue weighted by Gasteiger charge is 2.11. The SMILES string of the molecule is Cc1ccc(-c2ncc(C(=O)O)o2)cc1. The van der Waals surface area contributed by atoms with Crippen LogP contribution in [0, 0.1) is 6.92 Å². The molecule has 0 spiro atoms. The Kier molecular flexibility index (Phi) is 2.25. The van der Waals surface area contributed by atoms with Crippen molar-refractivity contribution in [3.63, 3.8) is 0 Å². The van der Waals surface area contributed by atoms with Crippen LogP contribution in [0.5, 0.6) is 0 Å². The molecule has 0 radical (unpaired) electrons. The third kappa shape index (κ3) is 1.88. The van der Waals surface area contributed by atoms with Crippen molar-refractivity contribution in [2.24, 2.45) is 0 Å². The summed E-state index contributed by atoms with van der Waals surface area (Å²) in [7, 11) is 0. The second-order valence-corrected chi connectivity index (χ2v) is 3.20. The number of aromatic carboxylic acids is 1. The van der Waals surface area contributed by atoms with Crippen LogP contribution >= 0.6 is 0 Å². The molecule has 0 amide bonds. The van der Waals surface area contributed by atoms with Gasteiger partial charge in [0.1, 0.15) is 0 Å². The number of aryl methyl sites for hydroxylation is 1. The minimum Gasteiger partial charge on any atom is -0.475 e. The van der Waals surface area contributed by atoms with E-state index in [9.17, 15) is 4.79 Å². The number of carbonyl (C=O) groups is 1. The summed E-state index contributed by atoms with van der Waals surface area (Å²) in [4.78, 5) is 14.5. The van der Waals surface area contributed by atoms with E-state index in [4.69, 9.17) is 9.52 Å². The first-order valence-corrected chi connectivity index (χ1v) is 4.43. The molecule has 2 aromatic rings. The van der Waals surface area contributed by atoms with Crippen molar-refractivity contribution in [3.05, 3.63) is 41.8 Å². The van der Waals surface area contributed by atoms with Gasteiger partial charge in [-0.15, -0.1) is 0 Å². The summed E-state index contributed by atoms with van der Waals surface area (Å²) in [6.45, 7) is 1.97. The Hall–Kier alpha value is -2.10. The van der Waals surface area contributed by atoms with E-state index in [0.717, 1.165) is 11.1 Å². The molecule has 0 bridgehead atoms. The molecule has 4 heteroatoms. The molecule has 1 heterocycles. The van der Waals surface area contributed by atoms with Gasteiger partial charge in [0.05, 0.1) is 6.20 Å². The predicted molar refractivity (Wildman–Crippen MR) is 53.6 cm³/mol. The van der Waals surface area contributed by atoms with Gasteiger partial charge in [-0.3, -0.25) is 0 Å². The van der Waals surface area contributed by atoms with E-state index in [1.807, 2.05) is 31.2 Å². The molecule has 1 aromatic heterocycles. The summed E-state index contributed by atoms with van der Waals surface area (Å²) in [5.74, 6) is -0.932. The van der Waals surface area contributed by atoms with E-state index in [1.54, 1.807) is 0 Å². The molecule has 2 rings (SSSR count). The molecule has 1 aromatic carbocycles. The van der Waals surface area contributed by atoms with Crippen LogP contribution in [-0.4, -0.2) is 16.1 Å². The summed E-state index contributed by atoms with van der Waals surface area (Å²) in [6, 6.07) is 7.51. The molecular weight excluding hydrogens is 194 g/mol. The molecule has 0 aliphatic heterocycles. The third-order valence-electron chi connectivity index (χ3n) is 2.01. The van der Waals surface area contributed by atoms with Crippen LogP contribution in [0.15, 0.2) is 34.9 Å². The zero-order valence-corrected chi connectivity index (χ0v) is 8.10. The average Bonchev–Trinajstić information content (AvgIpc) is 2.68. The molecule has 0 aliphatic rings. The van der Waals surface area contributed by atoms with Gasteiger partial charge >= 0.3 is 5.97 Å². The van der Waals surface area contributed by atoms with Crippen molar-refractivity contribution in [2.75, 3.05) is 0 Å².